The van der Waals surface area contributed by atoms with Crippen LogP contribution in [0.2, 0.25) is 5.02 Å². The summed E-state index contributed by atoms with van der Waals surface area (Å²) in [5, 5.41) is 0.363. The Morgan fingerprint density at radius 3 is 2.16 bits per heavy atom. The van der Waals surface area contributed by atoms with Gasteiger partial charge in [-0.1, -0.05) is 23.7 Å². The number of hydrogen-bond acceptors (Lipinski definition) is 6. The molecule has 5 rings (SSSR count). The van der Waals surface area contributed by atoms with Crippen molar-refractivity contribution in [2.24, 2.45) is 5.41 Å². The number of rotatable bonds is 7. The largest absolute Gasteiger partial charge is 0.369 e. The maximum atomic E-state index is 14.4. The maximum Gasteiger partial charge on any atom is 0.261 e. The Bertz CT molecular complexity index is 1570. The molecule has 0 bridgehead atoms. The summed E-state index contributed by atoms with van der Waals surface area (Å²) in [6, 6.07) is 17.0. The van der Waals surface area contributed by atoms with Gasteiger partial charge in [0.25, 0.3) is 10.0 Å². The first-order valence-corrected chi connectivity index (χ1v) is 15.3. The highest BCUT2D eigenvalue weighted by Crippen LogP contribution is 2.45. The highest BCUT2D eigenvalue weighted by molar-refractivity contribution is 7.92. The molecule has 38 heavy (non-hydrogen) atoms. The number of halogens is 2. The van der Waals surface area contributed by atoms with E-state index in [0.29, 0.717) is 36.0 Å². The van der Waals surface area contributed by atoms with Crippen LogP contribution in [-0.2, 0) is 20.0 Å². The fraction of sp³-hybridized carbons (Fsp3) is 0.308. The van der Waals surface area contributed by atoms with Gasteiger partial charge in [-0.15, -0.1) is 0 Å². The van der Waals surface area contributed by atoms with E-state index >= 15 is 0 Å². The molecule has 0 saturated carbocycles. The van der Waals surface area contributed by atoms with Crippen molar-refractivity contribution in [3.8, 4) is 0 Å². The highest BCUT2D eigenvalue weighted by Gasteiger charge is 2.48. The first kappa shape index (κ1) is 26.7. The maximum absolute atomic E-state index is 14.4. The average Bonchev–Trinajstić information content (AvgIpc) is 3.29. The number of para-hydroxylation sites is 2. The molecule has 12 heteroatoms. The molecule has 202 valence electrons. The minimum absolute atomic E-state index is 0.00811. The minimum atomic E-state index is -3.97. The second-order valence-electron chi connectivity index (χ2n) is 10.0. The summed E-state index contributed by atoms with van der Waals surface area (Å²) in [6.07, 6.45) is 0.904. The predicted octanol–water partition coefficient (Wildman–Crippen LogP) is 4.25. The molecule has 0 aliphatic carbocycles. The quantitative estimate of drug-likeness (QED) is 0.451. The third-order valence-electron chi connectivity index (χ3n) is 7.14. The van der Waals surface area contributed by atoms with Crippen molar-refractivity contribution in [3.05, 3.63) is 77.6 Å². The molecule has 1 spiro atoms. The zero-order valence-electron chi connectivity index (χ0n) is 20.9. The molecule has 0 aromatic heterocycles. The molecule has 2 aliphatic rings. The van der Waals surface area contributed by atoms with E-state index in [1.165, 1.54) is 44.4 Å². The normalized spacial score (nSPS) is 17.2. The summed E-state index contributed by atoms with van der Waals surface area (Å²) in [5.41, 5.74) is 1.73. The molecular formula is C26H28ClFN4O4S2. The van der Waals surface area contributed by atoms with E-state index < -0.39 is 20.0 Å². The van der Waals surface area contributed by atoms with E-state index in [0.717, 1.165) is 23.0 Å². The number of benzene rings is 3. The summed E-state index contributed by atoms with van der Waals surface area (Å²) >= 11 is 5.89. The number of nitrogens with one attached hydrogen (secondary N) is 1. The molecule has 3 aromatic rings. The Morgan fingerprint density at radius 1 is 0.868 bits per heavy atom. The van der Waals surface area contributed by atoms with Gasteiger partial charge in [-0.2, -0.15) is 0 Å². The predicted molar refractivity (Wildman–Crippen MR) is 147 cm³/mol. The molecule has 3 aromatic carbocycles. The molecule has 1 N–H and O–H groups in total. The van der Waals surface area contributed by atoms with Crippen molar-refractivity contribution in [1.82, 2.24) is 4.31 Å². The summed E-state index contributed by atoms with van der Waals surface area (Å²) in [5.74, 6) is -0.339. The Labute approximate surface area is 227 Å². The summed E-state index contributed by atoms with van der Waals surface area (Å²) in [4.78, 5) is 4.13. The SMILES string of the molecule is CN(C)S(=O)(=O)c1ccc(S(=O)(=O)Nc2ccccc2N2CCC3(CN(c4ccc(Cl)cc4F)C3)C2)cc1. The molecule has 0 radical (unpaired) electrons. The zero-order valence-corrected chi connectivity index (χ0v) is 23.3. The molecule has 0 unspecified atom stereocenters. The van der Waals surface area contributed by atoms with Gasteiger partial charge in [0, 0.05) is 50.7 Å². The van der Waals surface area contributed by atoms with Crippen molar-refractivity contribution < 1.29 is 21.2 Å². The van der Waals surface area contributed by atoms with Crippen LogP contribution in [-0.4, -0.2) is 61.4 Å². The Kier molecular flexibility index (Phi) is 6.83. The molecule has 2 fully saturated rings. The van der Waals surface area contributed by atoms with Gasteiger partial charge in [-0.05, 0) is 61.0 Å². The number of anilines is 3. The lowest BCUT2D eigenvalue weighted by atomic mass is 9.78. The third kappa shape index (κ3) is 4.95. The van der Waals surface area contributed by atoms with Crippen LogP contribution in [0, 0.1) is 11.2 Å². The first-order valence-electron chi connectivity index (χ1n) is 12.0. The smallest absolute Gasteiger partial charge is 0.261 e. The lowest BCUT2D eigenvalue weighted by molar-refractivity contribution is 0.244. The number of sulfonamides is 2. The minimum Gasteiger partial charge on any atom is -0.369 e. The van der Waals surface area contributed by atoms with Crippen LogP contribution in [0.3, 0.4) is 0 Å². The standard InChI is InChI=1S/C26H28ClFN4O4S2/c1-30(2)38(35,36)21-10-8-20(9-11-21)37(33,34)29-23-5-3-4-6-25(23)31-14-13-26(16-31)17-32(18-26)24-12-7-19(27)15-22(24)28/h3-12,15,29H,13-14,16-18H2,1-2H3. The Morgan fingerprint density at radius 2 is 1.50 bits per heavy atom. The summed E-state index contributed by atoms with van der Waals surface area (Å²) in [6.45, 7) is 2.87. The third-order valence-corrected chi connectivity index (χ3v) is 10.6. The lowest BCUT2D eigenvalue weighted by Gasteiger charge is -2.49. The van der Waals surface area contributed by atoms with Crippen molar-refractivity contribution in [1.29, 1.82) is 0 Å². The molecule has 0 atom stereocenters. The lowest BCUT2D eigenvalue weighted by Crippen LogP contribution is -2.58. The first-order chi connectivity index (χ1) is 17.9. The summed E-state index contributed by atoms with van der Waals surface area (Å²) in [7, 11) is -4.81. The second kappa shape index (κ2) is 9.71. The zero-order chi connectivity index (χ0) is 27.3. The van der Waals surface area contributed by atoms with E-state index in [1.807, 2.05) is 17.0 Å². The molecule has 2 heterocycles. The fourth-order valence-corrected chi connectivity index (χ4v) is 7.25. The molecular weight excluding hydrogens is 551 g/mol. The van der Waals surface area contributed by atoms with Crippen molar-refractivity contribution >= 4 is 48.7 Å². The topological polar surface area (TPSA) is 90.0 Å². The fourth-order valence-electron chi connectivity index (χ4n) is 5.11. The van der Waals surface area contributed by atoms with Gasteiger partial charge in [-0.3, -0.25) is 4.72 Å². The molecule has 8 nitrogen and oxygen atoms in total. The Hall–Kier alpha value is -2.86. The van der Waals surface area contributed by atoms with Crippen molar-refractivity contribution in [2.45, 2.75) is 16.2 Å². The second-order valence-corrected chi connectivity index (χ2v) is 14.3. The van der Waals surface area contributed by atoms with Gasteiger partial charge >= 0.3 is 0 Å². The van der Waals surface area contributed by atoms with Crippen molar-refractivity contribution in [3.63, 3.8) is 0 Å². The van der Waals surface area contributed by atoms with E-state index in [2.05, 4.69) is 9.62 Å². The molecule has 0 amide bonds. The van der Waals surface area contributed by atoms with E-state index in [1.54, 1.807) is 24.3 Å². The van der Waals surface area contributed by atoms with Gasteiger partial charge in [0.1, 0.15) is 5.82 Å². The van der Waals surface area contributed by atoms with Crippen LogP contribution in [0.1, 0.15) is 6.42 Å². The van der Waals surface area contributed by atoms with E-state index in [-0.39, 0.29) is 21.0 Å². The van der Waals surface area contributed by atoms with E-state index in [4.69, 9.17) is 11.6 Å². The van der Waals surface area contributed by atoms with Crippen LogP contribution >= 0.6 is 11.6 Å². The van der Waals surface area contributed by atoms with Crippen LogP contribution in [0.5, 0.6) is 0 Å². The van der Waals surface area contributed by atoms with Gasteiger partial charge in [-0.25, -0.2) is 25.5 Å². The monoisotopic (exact) mass is 578 g/mol. The van der Waals surface area contributed by atoms with Crippen molar-refractivity contribution in [2.75, 3.05) is 54.8 Å². The van der Waals surface area contributed by atoms with Crippen LogP contribution in [0.4, 0.5) is 21.5 Å². The number of hydrogen-bond donors (Lipinski definition) is 1. The Balaban J connectivity index is 1.30. The van der Waals surface area contributed by atoms with Gasteiger partial charge < -0.3 is 9.80 Å². The van der Waals surface area contributed by atoms with E-state index in [9.17, 15) is 21.2 Å². The van der Waals surface area contributed by atoms with Gasteiger partial charge in [0.05, 0.1) is 26.9 Å². The highest BCUT2D eigenvalue weighted by atomic mass is 35.5. The van der Waals surface area contributed by atoms with Gasteiger partial charge in [0.2, 0.25) is 10.0 Å². The average molecular weight is 579 g/mol. The van der Waals surface area contributed by atoms with Crippen LogP contribution < -0.4 is 14.5 Å². The van der Waals surface area contributed by atoms with Crippen LogP contribution in [0.15, 0.2) is 76.5 Å². The van der Waals surface area contributed by atoms with Crippen LogP contribution in [0.25, 0.3) is 0 Å². The molecule has 2 aliphatic heterocycles. The molecule has 2 saturated heterocycles. The van der Waals surface area contributed by atoms with Gasteiger partial charge in [0.15, 0.2) is 0 Å². The number of nitrogens with zero attached hydrogens (tertiary/aromatic N) is 3. The summed E-state index contributed by atoms with van der Waals surface area (Å²) < 4.78 is 69.1.